The molecule has 1 aromatic rings. The minimum atomic E-state index is -0.773. The number of hydrogen-bond donors (Lipinski definition) is 2. The van der Waals surface area contributed by atoms with Crippen LogP contribution < -0.4 is 5.32 Å². The van der Waals surface area contributed by atoms with Crippen molar-refractivity contribution in [2.75, 3.05) is 0 Å². The first-order valence-corrected chi connectivity index (χ1v) is 7.95. The number of rotatable bonds is 5. The standard InChI is InChI=1S/C18H27NO2/c1-13(17(20)21)15-9-7-14(8-10-15)12-19-16-6-4-5-11-18(16,2)3/h7-10,13,16,19H,4-6,11-12H2,1-3H3,(H,20,21). The molecule has 3 heteroatoms. The smallest absolute Gasteiger partial charge is 0.310 e. The quantitative estimate of drug-likeness (QED) is 0.863. The van der Waals surface area contributed by atoms with Gasteiger partial charge in [-0.2, -0.15) is 0 Å². The van der Waals surface area contributed by atoms with Crippen molar-refractivity contribution < 1.29 is 9.90 Å². The highest BCUT2D eigenvalue weighted by molar-refractivity contribution is 5.75. The second kappa shape index (κ2) is 6.61. The molecule has 0 bridgehead atoms. The monoisotopic (exact) mass is 289 g/mol. The van der Waals surface area contributed by atoms with Crippen LogP contribution in [0.15, 0.2) is 24.3 Å². The van der Waals surface area contributed by atoms with E-state index in [2.05, 4.69) is 19.2 Å². The Kier molecular flexibility index (Phi) is 5.04. The van der Waals surface area contributed by atoms with Gasteiger partial charge in [-0.15, -0.1) is 0 Å². The lowest BCUT2D eigenvalue weighted by molar-refractivity contribution is -0.138. The number of carboxylic acid groups (broad SMARTS) is 1. The first kappa shape index (κ1) is 16.0. The topological polar surface area (TPSA) is 49.3 Å². The van der Waals surface area contributed by atoms with Crippen molar-refractivity contribution in [2.24, 2.45) is 5.41 Å². The largest absolute Gasteiger partial charge is 0.481 e. The summed E-state index contributed by atoms with van der Waals surface area (Å²) in [7, 11) is 0. The molecular weight excluding hydrogens is 262 g/mol. The molecule has 1 aromatic carbocycles. The van der Waals surface area contributed by atoms with Crippen molar-refractivity contribution in [1.82, 2.24) is 5.32 Å². The van der Waals surface area contributed by atoms with Crippen LogP contribution in [0.3, 0.4) is 0 Å². The van der Waals surface area contributed by atoms with E-state index in [0.717, 1.165) is 12.1 Å². The third-order valence-electron chi connectivity index (χ3n) is 4.91. The second-order valence-corrected chi connectivity index (χ2v) is 6.97. The zero-order valence-electron chi connectivity index (χ0n) is 13.4. The summed E-state index contributed by atoms with van der Waals surface area (Å²) in [5.41, 5.74) is 2.46. The van der Waals surface area contributed by atoms with E-state index in [9.17, 15) is 4.79 Å². The van der Waals surface area contributed by atoms with E-state index in [1.54, 1.807) is 6.92 Å². The van der Waals surface area contributed by atoms with Crippen LogP contribution in [-0.4, -0.2) is 17.1 Å². The third-order valence-corrected chi connectivity index (χ3v) is 4.91. The molecule has 2 atom stereocenters. The summed E-state index contributed by atoms with van der Waals surface area (Å²) in [5, 5.41) is 12.7. The SMILES string of the molecule is CC(C(=O)O)c1ccc(CNC2CCCCC2(C)C)cc1. The van der Waals surface area contributed by atoms with Gasteiger partial charge in [-0.3, -0.25) is 4.79 Å². The van der Waals surface area contributed by atoms with Crippen LogP contribution in [0.1, 0.15) is 63.5 Å². The number of carboxylic acids is 1. The third kappa shape index (κ3) is 4.07. The fourth-order valence-electron chi connectivity index (χ4n) is 3.18. The fourth-order valence-corrected chi connectivity index (χ4v) is 3.18. The Morgan fingerprint density at radius 3 is 2.57 bits per heavy atom. The summed E-state index contributed by atoms with van der Waals surface area (Å²) in [6.07, 6.45) is 5.20. The van der Waals surface area contributed by atoms with Gasteiger partial charge in [0.25, 0.3) is 0 Å². The van der Waals surface area contributed by atoms with Crippen LogP contribution in [0, 0.1) is 5.41 Å². The van der Waals surface area contributed by atoms with Gasteiger partial charge in [0, 0.05) is 12.6 Å². The van der Waals surface area contributed by atoms with E-state index < -0.39 is 11.9 Å². The fraction of sp³-hybridized carbons (Fsp3) is 0.611. The van der Waals surface area contributed by atoms with E-state index in [0.29, 0.717) is 11.5 Å². The molecule has 21 heavy (non-hydrogen) atoms. The van der Waals surface area contributed by atoms with Crippen molar-refractivity contribution >= 4 is 5.97 Å². The van der Waals surface area contributed by atoms with Crippen LogP contribution in [-0.2, 0) is 11.3 Å². The Bertz CT molecular complexity index is 478. The Hall–Kier alpha value is -1.35. The highest BCUT2D eigenvalue weighted by Gasteiger charge is 2.31. The molecule has 0 heterocycles. The number of benzene rings is 1. The molecule has 2 N–H and O–H groups in total. The summed E-state index contributed by atoms with van der Waals surface area (Å²) >= 11 is 0. The molecule has 0 saturated heterocycles. The van der Waals surface area contributed by atoms with Gasteiger partial charge < -0.3 is 10.4 Å². The Morgan fingerprint density at radius 1 is 1.33 bits per heavy atom. The van der Waals surface area contributed by atoms with Gasteiger partial charge in [-0.1, -0.05) is 51.0 Å². The maximum Gasteiger partial charge on any atom is 0.310 e. The van der Waals surface area contributed by atoms with E-state index in [-0.39, 0.29) is 0 Å². The second-order valence-electron chi connectivity index (χ2n) is 6.97. The molecule has 0 aliphatic heterocycles. The minimum Gasteiger partial charge on any atom is -0.481 e. The van der Waals surface area contributed by atoms with Crippen molar-refractivity contribution in [3.05, 3.63) is 35.4 Å². The molecule has 0 aromatic heterocycles. The normalized spacial score (nSPS) is 22.7. The molecule has 116 valence electrons. The average molecular weight is 289 g/mol. The minimum absolute atomic E-state index is 0.371. The van der Waals surface area contributed by atoms with Crippen LogP contribution >= 0.6 is 0 Å². The Balaban J connectivity index is 1.93. The van der Waals surface area contributed by atoms with Crippen molar-refractivity contribution in [1.29, 1.82) is 0 Å². The van der Waals surface area contributed by atoms with Gasteiger partial charge in [-0.25, -0.2) is 0 Å². The number of nitrogens with one attached hydrogen (secondary N) is 1. The van der Waals surface area contributed by atoms with Gasteiger partial charge in [0.2, 0.25) is 0 Å². The molecule has 1 aliphatic carbocycles. The van der Waals surface area contributed by atoms with Crippen molar-refractivity contribution in [3.63, 3.8) is 0 Å². The van der Waals surface area contributed by atoms with Crippen LogP contribution in [0.5, 0.6) is 0 Å². The summed E-state index contributed by atoms with van der Waals surface area (Å²) in [6, 6.07) is 8.52. The first-order chi connectivity index (χ1) is 9.90. The predicted molar refractivity (Wildman–Crippen MR) is 85.4 cm³/mol. The molecule has 3 nitrogen and oxygen atoms in total. The molecule has 1 fully saturated rings. The first-order valence-electron chi connectivity index (χ1n) is 7.95. The molecule has 0 radical (unpaired) electrons. The van der Waals surface area contributed by atoms with Crippen LogP contribution in [0.25, 0.3) is 0 Å². The summed E-state index contributed by atoms with van der Waals surface area (Å²) in [6.45, 7) is 7.28. The zero-order valence-corrected chi connectivity index (χ0v) is 13.4. The number of carbonyl (C=O) groups is 1. The Labute approximate surface area is 127 Å². The molecule has 2 unspecified atom stereocenters. The molecule has 2 rings (SSSR count). The van der Waals surface area contributed by atoms with E-state index in [4.69, 9.17) is 5.11 Å². The van der Waals surface area contributed by atoms with Crippen molar-refractivity contribution in [2.45, 2.75) is 65.0 Å². The zero-order chi connectivity index (χ0) is 15.5. The molecular formula is C18H27NO2. The van der Waals surface area contributed by atoms with Gasteiger partial charge in [0.05, 0.1) is 5.92 Å². The lowest BCUT2D eigenvalue weighted by atomic mass is 9.73. The van der Waals surface area contributed by atoms with Crippen LogP contribution in [0.2, 0.25) is 0 Å². The highest BCUT2D eigenvalue weighted by Crippen LogP contribution is 2.35. The Morgan fingerprint density at radius 2 is 2.00 bits per heavy atom. The maximum absolute atomic E-state index is 11.0. The number of aliphatic carboxylic acids is 1. The van der Waals surface area contributed by atoms with Gasteiger partial charge in [-0.05, 0) is 36.3 Å². The lowest BCUT2D eigenvalue weighted by Crippen LogP contribution is -2.43. The summed E-state index contributed by atoms with van der Waals surface area (Å²) in [5.74, 6) is -1.21. The van der Waals surface area contributed by atoms with Gasteiger partial charge >= 0.3 is 5.97 Å². The number of hydrogen-bond acceptors (Lipinski definition) is 2. The lowest BCUT2D eigenvalue weighted by Gasteiger charge is -2.39. The van der Waals surface area contributed by atoms with E-state index in [1.165, 1.54) is 31.2 Å². The summed E-state index contributed by atoms with van der Waals surface area (Å²) in [4.78, 5) is 11.0. The highest BCUT2D eigenvalue weighted by atomic mass is 16.4. The maximum atomic E-state index is 11.0. The molecule has 1 saturated carbocycles. The van der Waals surface area contributed by atoms with Crippen molar-refractivity contribution in [3.8, 4) is 0 Å². The average Bonchev–Trinajstić information content (AvgIpc) is 2.45. The predicted octanol–water partition coefficient (Wildman–Crippen LogP) is 3.93. The van der Waals surface area contributed by atoms with Gasteiger partial charge in [0.15, 0.2) is 0 Å². The molecule has 0 amide bonds. The van der Waals surface area contributed by atoms with E-state index >= 15 is 0 Å². The summed E-state index contributed by atoms with van der Waals surface area (Å²) < 4.78 is 0. The van der Waals surface area contributed by atoms with Crippen LogP contribution in [0.4, 0.5) is 0 Å². The molecule has 1 aliphatic rings. The van der Waals surface area contributed by atoms with E-state index in [1.807, 2.05) is 24.3 Å². The molecule has 0 spiro atoms. The van der Waals surface area contributed by atoms with Gasteiger partial charge in [0.1, 0.15) is 0 Å².